The van der Waals surface area contributed by atoms with Crippen LogP contribution >= 0.6 is 0 Å². The first kappa shape index (κ1) is 15.2. The predicted molar refractivity (Wildman–Crippen MR) is 91.6 cm³/mol. The van der Waals surface area contributed by atoms with Crippen LogP contribution in [0.15, 0.2) is 52.0 Å². The van der Waals surface area contributed by atoms with Crippen LogP contribution in [0.1, 0.15) is 38.2 Å². The van der Waals surface area contributed by atoms with Gasteiger partial charge in [0.05, 0.1) is 4.90 Å². The zero-order chi connectivity index (χ0) is 16.2. The summed E-state index contributed by atoms with van der Waals surface area (Å²) < 4.78 is 27.9. The Kier molecular flexibility index (Phi) is 3.33. The minimum Gasteiger partial charge on any atom is -0.207 e. The van der Waals surface area contributed by atoms with Crippen molar-refractivity contribution in [1.29, 1.82) is 0 Å². The summed E-state index contributed by atoms with van der Waals surface area (Å²) in [5.74, 6) is 0. The van der Waals surface area contributed by atoms with E-state index in [1.807, 2.05) is 19.1 Å². The molecule has 3 aliphatic rings. The Bertz CT molecular complexity index is 817. The van der Waals surface area contributed by atoms with E-state index in [1.165, 1.54) is 16.7 Å². The summed E-state index contributed by atoms with van der Waals surface area (Å²) in [6.07, 6.45) is 6.61. The Balaban J connectivity index is 1.74. The van der Waals surface area contributed by atoms with Crippen LogP contribution in [0.4, 0.5) is 0 Å². The standard InChI is InChI=1S/C19H23NO2S/c1-14-6-8-17(9-7-14)23(21,22)20-12-16-5-3-4-15-10-11-19(2,13-20)18(15)16/h4,6-9H,3,5,10-13H2,1-2H3/t19-/m1/s1. The third-order valence-electron chi connectivity index (χ3n) is 5.61. The third kappa shape index (κ3) is 2.31. The smallest absolute Gasteiger partial charge is 0.207 e. The largest absolute Gasteiger partial charge is 0.243 e. The van der Waals surface area contributed by atoms with E-state index in [9.17, 15) is 8.42 Å². The molecule has 0 unspecified atom stereocenters. The SMILES string of the molecule is Cc1ccc(S(=O)(=O)N2CC3=C4C(=CCC3)CC[C@]4(C)C2)cc1. The fourth-order valence-electron chi connectivity index (χ4n) is 4.46. The van der Waals surface area contributed by atoms with E-state index in [1.54, 1.807) is 16.4 Å². The number of sulfonamides is 1. The minimum atomic E-state index is -3.41. The molecule has 23 heavy (non-hydrogen) atoms. The van der Waals surface area contributed by atoms with Gasteiger partial charge in [-0.1, -0.05) is 36.3 Å². The summed E-state index contributed by atoms with van der Waals surface area (Å²) in [5.41, 5.74) is 5.40. The third-order valence-corrected chi connectivity index (χ3v) is 7.42. The molecular formula is C19H23NO2S. The monoisotopic (exact) mass is 329 g/mol. The highest BCUT2D eigenvalue weighted by molar-refractivity contribution is 7.89. The highest BCUT2D eigenvalue weighted by Crippen LogP contribution is 2.53. The summed E-state index contributed by atoms with van der Waals surface area (Å²) >= 11 is 0. The molecule has 1 atom stereocenters. The molecule has 1 aromatic rings. The predicted octanol–water partition coefficient (Wildman–Crippen LogP) is 3.82. The van der Waals surface area contributed by atoms with Crippen molar-refractivity contribution in [2.75, 3.05) is 13.1 Å². The molecule has 0 N–H and O–H groups in total. The van der Waals surface area contributed by atoms with Crippen molar-refractivity contribution in [3.8, 4) is 0 Å². The quantitative estimate of drug-likeness (QED) is 0.827. The Hall–Kier alpha value is -1.39. The normalized spacial score (nSPS) is 27.8. The molecule has 4 rings (SSSR count). The average Bonchev–Trinajstić information content (AvgIpc) is 2.86. The number of benzene rings is 1. The van der Waals surface area contributed by atoms with Crippen LogP contribution in [-0.2, 0) is 10.0 Å². The average molecular weight is 329 g/mol. The molecule has 1 saturated carbocycles. The zero-order valence-corrected chi connectivity index (χ0v) is 14.6. The lowest BCUT2D eigenvalue weighted by atomic mass is 9.76. The number of allylic oxidation sites excluding steroid dienone is 2. The molecule has 122 valence electrons. The Morgan fingerprint density at radius 3 is 2.61 bits per heavy atom. The van der Waals surface area contributed by atoms with Crippen LogP contribution in [-0.4, -0.2) is 25.8 Å². The highest BCUT2D eigenvalue weighted by atomic mass is 32.2. The lowest BCUT2D eigenvalue weighted by molar-refractivity contribution is 0.269. The number of hydrogen-bond donors (Lipinski definition) is 0. The van der Waals surface area contributed by atoms with E-state index in [0.29, 0.717) is 18.0 Å². The molecule has 0 spiro atoms. The minimum absolute atomic E-state index is 0.00238. The van der Waals surface area contributed by atoms with Crippen molar-refractivity contribution in [2.45, 2.75) is 44.4 Å². The molecule has 4 heteroatoms. The molecule has 0 bridgehead atoms. The molecule has 0 saturated heterocycles. The lowest BCUT2D eigenvalue weighted by Gasteiger charge is -2.41. The fourth-order valence-corrected chi connectivity index (χ4v) is 6.01. The van der Waals surface area contributed by atoms with Crippen LogP contribution in [0.2, 0.25) is 0 Å². The summed E-state index contributed by atoms with van der Waals surface area (Å²) in [6.45, 7) is 5.40. The van der Waals surface area contributed by atoms with Crippen molar-refractivity contribution in [3.05, 3.63) is 52.6 Å². The number of rotatable bonds is 2. The van der Waals surface area contributed by atoms with E-state index in [0.717, 1.165) is 31.2 Å². The van der Waals surface area contributed by atoms with Crippen molar-refractivity contribution >= 4 is 10.0 Å². The van der Waals surface area contributed by atoms with Gasteiger partial charge in [0.1, 0.15) is 0 Å². The second kappa shape index (κ2) is 5.05. The van der Waals surface area contributed by atoms with E-state index >= 15 is 0 Å². The van der Waals surface area contributed by atoms with Gasteiger partial charge in [0, 0.05) is 18.5 Å². The summed E-state index contributed by atoms with van der Waals surface area (Å²) in [4.78, 5) is 0.417. The Morgan fingerprint density at radius 1 is 1.13 bits per heavy atom. The van der Waals surface area contributed by atoms with E-state index in [-0.39, 0.29) is 5.41 Å². The second-order valence-corrected chi connectivity index (χ2v) is 9.33. The molecule has 1 aliphatic heterocycles. The van der Waals surface area contributed by atoms with Crippen LogP contribution < -0.4 is 0 Å². The van der Waals surface area contributed by atoms with Crippen LogP contribution in [0.3, 0.4) is 0 Å². The van der Waals surface area contributed by atoms with Gasteiger partial charge in [-0.15, -0.1) is 0 Å². The van der Waals surface area contributed by atoms with Gasteiger partial charge in [0.2, 0.25) is 10.0 Å². The van der Waals surface area contributed by atoms with Gasteiger partial charge in [0.25, 0.3) is 0 Å². The first-order valence-electron chi connectivity index (χ1n) is 8.39. The van der Waals surface area contributed by atoms with Gasteiger partial charge in [-0.3, -0.25) is 0 Å². The highest BCUT2D eigenvalue weighted by Gasteiger charge is 2.46. The molecule has 2 aliphatic carbocycles. The van der Waals surface area contributed by atoms with E-state index in [4.69, 9.17) is 0 Å². The molecule has 0 radical (unpaired) electrons. The fraction of sp³-hybridized carbons (Fsp3) is 0.474. The summed E-state index contributed by atoms with van der Waals surface area (Å²) in [7, 11) is -3.41. The van der Waals surface area contributed by atoms with Crippen LogP contribution in [0.25, 0.3) is 0 Å². The first-order valence-corrected chi connectivity index (χ1v) is 9.83. The zero-order valence-electron chi connectivity index (χ0n) is 13.8. The van der Waals surface area contributed by atoms with Gasteiger partial charge < -0.3 is 0 Å². The summed E-state index contributed by atoms with van der Waals surface area (Å²) in [5, 5.41) is 0. The Morgan fingerprint density at radius 2 is 1.87 bits per heavy atom. The van der Waals surface area contributed by atoms with Crippen LogP contribution in [0.5, 0.6) is 0 Å². The Labute approximate surface area is 138 Å². The number of aryl methyl sites for hydroxylation is 1. The van der Waals surface area contributed by atoms with Gasteiger partial charge >= 0.3 is 0 Å². The molecule has 0 amide bonds. The van der Waals surface area contributed by atoms with Gasteiger partial charge in [-0.2, -0.15) is 4.31 Å². The molecule has 0 aromatic heterocycles. The summed E-state index contributed by atoms with van der Waals surface area (Å²) in [6, 6.07) is 7.22. The maximum absolute atomic E-state index is 13.1. The van der Waals surface area contributed by atoms with Crippen molar-refractivity contribution in [3.63, 3.8) is 0 Å². The van der Waals surface area contributed by atoms with Crippen molar-refractivity contribution in [2.24, 2.45) is 5.41 Å². The molecular weight excluding hydrogens is 306 g/mol. The number of nitrogens with zero attached hydrogens (tertiary/aromatic N) is 1. The number of hydrogen-bond acceptors (Lipinski definition) is 2. The van der Waals surface area contributed by atoms with Crippen molar-refractivity contribution < 1.29 is 8.42 Å². The van der Waals surface area contributed by atoms with E-state index in [2.05, 4.69) is 13.0 Å². The first-order chi connectivity index (χ1) is 10.9. The maximum Gasteiger partial charge on any atom is 0.243 e. The molecule has 1 heterocycles. The van der Waals surface area contributed by atoms with Crippen LogP contribution in [0, 0.1) is 12.3 Å². The molecule has 1 aromatic carbocycles. The van der Waals surface area contributed by atoms with Gasteiger partial charge in [-0.05, 0) is 55.9 Å². The lowest BCUT2D eigenvalue weighted by Crippen LogP contribution is -2.45. The topological polar surface area (TPSA) is 37.4 Å². The second-order valence-electron chi connectivity index (χ2n) is 7.39. The molecule has 1 fully saturated rings. The maximum atomic E-state index is 13.1. The van der Waals surface area contributed by atoms with Gasteiger partial charge in [0.15, 0.2) is 0 Å². The molecule has 3 nitrogen and oxygen atoms in total. The van der Waals surface area contributed by atoms with Gasteiger partial charge in [-0.25, -0.2) is 8.42 Å². The van der Waals surface area contributed by atoms with E-state index < -0.39 is 10.0 Å². The van der Waals surface area contributed by atoms with Crippen molar-refractivity contribution in [1.82, 2.24) is 4.31 Å².